The van der Waals surface area contributed by atoms with E-state index in [1.807, 2.05) is 12.1 Å². The quantitative estimate of drug-likeness (QED) is 0.305. The zero-order valence-electron chi connectivity index (χ0n) is 17.0. The maximum atomic E-state index is 11.0. The minimum Gasteiger partial charge on any atom is -0.477 e. The molecule has 7 heteroatoms. The normalized spacial score (nSPS) is 26.6. The smallest absolute Gasteiger partial charge is 0.345 e. The van der Waals surface area contributed by atoms with Gasteiger partial charge in [-0.2, -0.15) is 0 Å². The molecule has 0 unspecified atom stereocenters. The number of carbonyl (C=O) groups is 1. The molecular weight excluding hydrogens is 390 g/mol. The highest BCUT2D eigenvalue weighted by atomic mass is 32.1. The van der Waals surface area contributed by atoms with Crippen molar-refractivity contribution >= 4 is 24.0 Å². The number of aliphatic imine (C=N–C) groups is 1. The molecule has 1 aliphatic carbocycles. The first kappa shape index (κ1) is 23.7. The summed E-state index contributed by atoms with van der Waals surface area (Å²) in [6, 6.07) is 3.49. The molecule has 1 saturated carbocycles. The van der Waals surface area contributed by atoms with Gasteiger partial charge < -0.3 is 20.4 Å². The third kappa shape index (κ3) is 7.33. The summed E-state index contributed by atoms with van der Waals surface area (Å²) < 4.78 is 0. The van der Waals surface area contributed by atoms with Gasteiger partial charge in [0.2, 0.25) is 0 Å². The van der Waals surface area contributed by atoms with Gasteiger partial charge in [-0.25, -0.2) is 4.79 Å². The zero-order valence-corrected chi connectivity index (χ0v) is 17.8. The monoisotopic (exact) mass is 423 g/mol. The minimum atomic E-state index is -0.895. The summed E-state index contributed by atoms with van der Waals surface area (Å²) in [6.45, 7) is 5.42. The molecule has 1 heterocycles. The van der Waals surface area contributed by atoms with Gasteiger partial charge >= 0.3 is 5.97 Å². The van der Waals surface area contributed by atoms with E-state index in [1.165, 1.54) is 11.3 Å². The minimum absolute atomic E-state index is 0.00931. The highest BCUT2D eigenvalue weighted by Crippen LogP contribution is 2.39. The van der Waals surface area contributed by atoms with Gasteiger partial charge in [0.05, 0.1) is 24.4 Å². The lowest BCUT2D eigenvalue weighted by atomic mass is 9.87. The van der Waals surface area contributed by atoms with Crippen LogP contribution < -0.4 is 0 Å². The Morgan fingerprint density at radius 2 is 2.10 bits per heavy atom. The predicted molar refractivity (Wildman–Crippen MR) is 116 cm³/mol. The van der Waals surface area contributed by atoms with Crippen molar-refractivity contribution in [1.29, 1.82) is 0 Å². The fourth-order valence-corrected chi connectivity index (χ4v) is 4.99. The van der Waals surface area contributed by atoms with Gasteiger partial charge in [-0.05, 0) is 76.6 Å². The summed E-state index contributed by atoms with van der Waals surface area (Å²) in [5.74, 6) is -0.814. The molecule has 0 amide bonds. The van der Waals surface area contributed by atoms with Gasteiger partial charge in [0.25, 0.3) is 0 Å². The molecule has 1 aliphatic rings. The molecule has 29 heavy (non-hydrogen) atoms. The third-order valence-corrected chi connectivity index (χ3v) is 6.79. The first-order chi connectivity index (χ1) is 13.8. The molecule has 0 radical (unpaired) electrons. The van der Waals surface area contributed by atoms with Crippen LogP contribution in [-0.4, -0.2) is 57.5 Å². The van der Waals surface area contributed by atoms with Gasteiger partial charge in [0.15, 0.2) is 0 Å². The standard InChI is InChI=1S/C22H33NO5S/c1-14(24)5-3-6-15(25)9-11-18-17(19(23-2)13-20(18)26)8-4-7-16-10-12-21(29-16)22(27)28/h9-12,14-15,17-20,24-26H,2-8,13H2,1H3,(H,27,28)/b11-9+/t14-,15+,17-,18-,19-,20-/m1/s1. The van der Waals surface area contributed by atoms with Crippen molar-refractivity contribution in [2.24, 2.45) is 16.8 Å². The average molecular weight is 424 g/mol. The number of thiophene rings is 1. The molecule has 6 nitrogen and oxygen atoms in total. The van der Waals surface area contributed by atoms with Crippen LogP contribution in [0.4, 0.5) is 0 Å². The van der Waals surface area contributed by atoms with E-state index in [2.05, 4.69) is 11.7 Å². The van der Waals surface area contributed by atoms with Crippen molar-refractivity contribution in [1.82, 2.24) is 0 Å². The van der Waals surface area contributed by atoms with Crippen LogP contribution in [0, 0.1) is 11.8 Å². The maximum absolute atomic E-state index is 11.0. The predicted octanol–water partition coefficient (Wildman–Crippen LogP) is 3.30. The van der Waals surface area contributed by atoms with E-state index in [9.17, 15) is 20.1 Å². The van der Waals surface area contributed by atoms with Gasteiger partial charge in [-0.3, -0.25) is 4.99 Å². The summed E-state index contributed by atoms with van der Waals surface area (Å²) in [5.41, 5.74) is 0. The van der Waals surface area contributed by atoms with Crippen LogP contribution in [-0.2, 0) is 6.42 Å². The molecule has 0 aromatic carbocycles. The fourth-order valence-electron chi connectivity index (χ4n) is 4.10. The Morgan fingerprint density at radius 1 is 1.34 bits per heavy atom. The molecule has 0 saturated heterocycles. The molecule has 1 aromatic heterocycles. The molecule has 2 rings (SSSR count). The SMILES string of the molecule is C=N[C@@H]1C[C@@H](O)[C@H](/C=C/[C@@H](O)CCC[C@@H](C)O)[C@H]1CCCc1ccc(C(=O)O)s1. The second kappa shape index (κ2) is 11.6. The molecule has 6 atom stereocenters. The maximum Gasteiger partial charge on any atom is 0.345 e. The number of aryl methyl sites for hydroxylation is 1. The second-order valence-electron chi connectivity index (χ2n) is 7.99. The molecule has 1 aromatic rings. The van der Waals surface area contributed by atoms with Gasteiger partial charge in [-0.15, -0.1) is 11.3 Å². The molecule has 1 fully saturated rings. The summed E-state index contributed by atoms with van der Waals surface area (Å²) in [7, 11) is 0. The lowest BCUT2D eigenvalue weighted by Crippen LogP contribution is -2.20. The van der Waals surface area contributed by atoms with Crippen LogP contribution in [0.1, 0.15) is 60.0 Å². The topological polar surface area (TPSA) is 110 Å². The first-order valence-electron chi connectivity index (χ1n) is 10.3. The number of carboxylic acids is 1. The fraction of sp³-hybridized carbons (Fsp3) is 0.636. The van der Waals surface area contributed by atoms with Crippen LogP contribution in [0.2, 0.25) is 0 Å². The lowest BCUT2D eigenvalue weighted by molar-refractivity contribution is 0.0702. The van der Waals surface area contributed by atoms with E-state index in [0.717, 1.165) is 30.6 Å². The summed E-state index contributed by atoms with van der Waals surface area (Å²) >= 11 is 1.31. The number of aliphatic hydroxyl groups is 3. The molecule has 4 N–H and O–H groups in total. The number of hydrogen-bond acceptors (Lipinski definition) is 6. The lowest BCUT2D eigenvalue weighted by Gasteiger charge is -2.21. The zero-order chi connectivity index (χ0) is 21.4. The Labute approximate surface area is 176 Å². The largest absolute Gasteiger partial charge is 0.477 e. The van der Waals surface area contributed by atoms with E-state index >= 15 is 0 Å². The van der Waals surface area contributed by atoms with Crippen molar-refractivity contribution < 1.29 is 25.2 Å². The number of rotatable bonds is 12. The summed E-state index contributed by atoms with van der Waals surface area (Å²) in [4.78, 5) is 16.6. The van der Waals surface area contributed by atoms with E-state index < -0.39 is 18.2 Å². The Balaban J connectivity index is 1.90. The molecular formula is C22H33NO5S. The third-order valence-electron chi connectivity index (χ3n) is 5.66. The number of hydrogen-bond donors (Lipinski definition) is 4. The first-order valence-corrected chi connectivity index (χ1v) is 11.1. The average Bonchev–Trinajstić information content (AvgIpc) is 3.25. The Hall–Kier alpha value is -1.54. The summed E-state index contributed by atoms with van der Waals surface area (Å²) in [5, 5.41) is 39.0. The molecule has 162 valence electrons. The van der Waals surface area contributed by atoms with Gasteiger partial charge in [0, 0.05) is 10.8 Å². The van der Waals surface area contributed by atoms with Crippen molar-refractivity contribution in [2.45, 2.75) is 76.2 Å². The van der Waals surface area contributed by atoms with Crippen LogP contribution in [0.5, 0.6) is 0 Å². The highest BCUT2D eigenvalue weighted by molar-refractivity contribution is 7.13. The Morgan fingerprint density at radius 3 is 2.72 bits per heavy atom. The van der Waals surface area contributed by atoms with Crippen molar-refractivity contribution in [3.05, 3.63) is 34.0 Å². The van der Waals surface area contributed by atoms with Crippen LogP contribution in [0.15, 0.2) is 29.3 Å². The number of aliphatic hydroxyl groups excluding tert-OH is 3. The van der Waals surface area contributed by atoms with Crippen molar-refractivity contribution in [3.8, 4) is 0 Å². The van der Waals surface area contributed by atoms with E-state index in [4.69, 9.17) is 5.11 Å². The number of aromatic carboxylic acids is 1. The second-order valence-corrected chi connectivity index (χ2v) is 9.16. The van der Waals surface area contributed by atoms with Crippen LogP contribution >= 0.6 is 11.3 Å². The molecule has 0 aliphatic heterocycles. The highest BCUT2D eigenvalue weighted by Gasteiger charge is 2.40. The van der Waals surface area contributed by atoms with Crippen LogP contribution in [0.3, 0.4) is 0 Å². The molecule has 0 spiro atoms. The van der Waals surface area contributed by atoms with Gasteiger partial charge in [-0.1, -0.05) is 12.2 Å². The Kier molecular flexibility index (Phi) is 9.49. The van der Waals surface area contributed by atoms with Crippen molar-refractivity contribution in [3.63, 3.8) is 0 Å². The number of carboxylic acid groups (broad SMARTS) is 1. The van der Waals surface area contributed by atoms with Crippen molar-refractivity contribution in [2.75, 3.05) is 0 Å². The van der Waals surface area contributed by atoms with E-state index in [-0.39, 0.29) is 24.0 Å². The molecule has 0 bridgehead atoms. The number of nitrogens with zero attached hydrogens (tertiary/aromatic N) is 1. The van der Waals surface area contributed by atoms with E-state index in [1.54, 1.807) is 19.1 Å². The van der Waals surface area contributed by atoms with E-state index in [0.29, 0.717) is 24.1 Å². The Bertz CT molecular complexity index is 686. The summed E-state index contributed by atoms with van der Waals surface area (Å²) in [6.07, 6.45) is 7.33. The van der Waals surface area contributed by atoms with Crippen LogP contribution in [0.25, 0.3) is 0 Å². The van der Waals surface area contributed by atoms with Gasteiger partial charge in [0.1, 0.15) is 4.88 Å².